The lowest BCUT2D eigenvalue weighted by Gasteiger charge is -2.18. The monoisotopic (exact) mass is 267 g/mol. The first-order chi connectivity index (χ1) is 8.58. The van der Waals surface area contributed by atoms with Crippen molar-refractivity contribution < 1.29 is 8.78 Å². The number of halogens is 3. The molecule has 2 unspecified atom stereocenters. The van der Waals surface area contributed by atoms with Gasteiger partial charge in [0, 0.05) is 24.4 Å². The van der Waals surface area contributed by atoms with Gasteiger partial charge in [-0.3, -0.25) is 4.98 Å². The third kappa shape index (κ3) is 2.85. The van der Waals surface area contributed by atoms with Crippen molar-refractivity contribution in [2.75, 3.05) is 0 Å². The fraction of sp³-hybridized carbons (Fsp3) is 0.214. The number of hydrogen-bond donors (Lipinski definition) is 0. The van der Waals surface area contributed by atoms with Crippen molar-refractivity contribution in [3.63, 3.8) is 0 Å². The zero-order valence-electron chi connectivity index (χ0n) is 9.78. The highest BCUT2D eigenvalue weighted by Crippen LogP contribution is 2.36. The molecule has 0 aliphatic heterocycles. The van der Waals surface area contributed by atoms with Crippen LogP contribution in [0.1, 0.15) is 29.3 Å². The summed E-state index contributed by atoms with van der Waals surface area (Å²) in [7, 11) is 0. The fourth-order valence-electron chi connectivity index (χ4n) is 1.86. The molecule has 2 aromatic rings. The van der Waals surface area contributed by atoms with Gasteiger partial charge in [0.05, 0.1) is 5.38 Å². The first kappa shape index (κ1) is 13.0. The molecule has 0 bridgehead atoms. The van der Waals surface area contributed by atoms with Crippen LogP contribution in [0.2, 0.25) is 0 Å². The summed E-state index contributed by atoms with van der Waals surface area (Å²) in [5.74, 6) is -1.29. The van der Waals surface area contributed by atoms with Crippen LogP contribution < -0.4 is 0 Å². The minimum atomic E-state index is -0.613. The van der Waals surface area contributed by atoms with Crippen LogP contribution in [0, 0.1) is 11.6 Å². The Bertz CT molecular complexity index is 510. The largest absolute Gasteiger partial charge is 0.265 e. The summed E-state index contributed by atoms with van der Waals surface area (Å²) in [4.78, 5) is 3.93. The number of hydrogen-bond acceptors (Lipinski definition) is 1. The van der Waals surface area contributed by atoms with Crippen molar-refractivity contribution in [2.45, 2.75) is 18.2 Å². The average molecular weight is 268 g/mol. The third-order valence-corrected chi connectivity index (χ3v) is 3.50. The van der Waals surface area contributed by atoms with Gasteiger partial charge in [-0.05, 0) is 35.4 Å². The number of pyridine rings is 1. The molecule has 18 heavy (non-hydrogen) atoms. The van der Waals surface area contributed by atoms with Gasteiger partial charge < -0.3 is 0 Å². The molecule has 94 valence electrons. The Morgan fingerprint density at radius 2 is 1.56 bits per heavy atom. The Morgan fingerprint density at radius 3 is 2.11 bits per heavy atom. The van der Waals surface area contributed by atoms with Crippen molar-refractivity contribution in [1.82, 2.24) is 4.98 Å². The lowest BCUT2D eigenvalue weighted by atomic mass is 9.94. The second-order valence-electron chi connectivity index (χ2n) is 4.17. The summed E-state index contributed by atoms with van der Waals surface area (Å²) in [6.45, 7) is 1.91. The molecular formula is C14H12ClF2N. The van der Waals surface area contributed by atoms with E-state index in [0.717, 1.165) is 11.6 Å². The molecule has 0 fully saturated rings. The van der Waals surface area contributed by atoms with E-state index in [4.69, 9.17) is 11.6 Å². The van der Waals surface area contributed by atoms with E-state index in [9.17, 15) is 8.78 Å². The Balaban J connectivity index is 2.28. The van der Waals surface area contributed by atoms with Gasteiger partial charge in [-0.2, -0.15) is 0 Å². The van der Waals surface area contributed by atoms with Crippen LogP contribution in [0.5, 0.6) is 0 Å². The fourth-order valence-corrected chi connectivity index (χ4v) is 2.13. The second-order valence-corrected chi connectivity index (χ2v) is 4.64. The van der Waals surface area contributed by atoms with Crippen LogP contribution in [0.3, 0.4) is 0 Å². The average Bonchev–Trinajstić information content (AvgIpc) is 2.37. The Hall–Kier alpha value is -1.48. The topological polar surface area (TPSA) is 12.9 Å². The summed E-state index contributed by atoms with van der Waals surface area (Å²) >= 11 is 6.28. The summed E-state index contributed by atoms with van der Waals surface area (Å²) in [5, 5.41) is -0.488. The minimum absolute atomic E-state index is 0.0594. The predicted octanol–water partition coefficient (Wildman–Crippen LogP) is 4.44. The molecule has 0 N–H and O–H groups in total. The van der Waals surface area contributed by atoms with E-state index in [1.54, 1.807) is 12.4 Å². The maximum absolute atomic E-state index is 13.1. The van der Waals surface area contributed by atoms with Crippen molar-refractivity contribution in [1.29, 1.82) is 0 Å². The van der Waals surface area contributed by atoms with E-state index in [-0.39, 0.29) is 5.92 Å². The van der Waals surface area contributed by atoms with Gasteiger partial charge in [0.1, 0.15) is 11.6 Å². The zero-order chi connectivity index (χ0) is 13.1. The molecule has 0 radical (unpaired) electrons. The van der Waals surface area contributed by atoms with Crippen molar-refractivity contribution in [3.05, 3.63) is 65.5 Å². The smallest absolute Gasteiger partial charge is 0.126 e. The van der Waals surface area contributed by atoms with E-state index < -0.39 is 17.0 Å². The number of alkyl halides is 1. The van der Waals surface area contributed by atoms with E-state index in [2.05, 4.69) is 4.98 Å². The van der Waals surface area contributed by atoms with Crippen molar-refractivity contribution in [3.8, 4) is 0 Å². The lowest BCUT2D eigenvalue weighted by Crippen LogP contribution is -2.03. The summed E-state index contributed by atoms with van der Waals surface area (Å²) in [5.41, 5.74) is 1.42. The highest BCUT2D eigenvalue weighted by molar-refractivity contribution is 6.21. The van der Waals surface area contributed by atoms with E-state index in [1.165, 1.54) is 12.1 Å². The van der Waals surface area contributed by atoms with Gasteiger partial charge >= 0.3 is 0 Å². The first-order valence-corrected chi connectivity index (χ1v) is 6.01. The van der Waals surface area contributed by atoms with Crippen LogP contribution >= 0.6 is 11.6 Å². The Morgan fingerprint density at radius 1 is 1.00 bits per heavy atom. The van der Waals surface area contributed by atoms with Gasteiger partial charge in [0.15, 0.2) is 0 Å². The maximum Gasteiger partial charge on any atom is 0.126 e. The summed E-state index contributed by atoms with van der Waals surface area (Å²) < 4.78 is 26.3. The summed E-state index contributed by atoms with van der Waals surface area (Å²) in [6.07, 6.45) is 3.34. The molecule has 2 atom stereocenters. The standard InChI is InChI=1S/C14H12ClF2N/c1-9(10-2-4-18-5-3-10)14(15)11-6-12(16)8-13(17)7-11/h2-9,14H,1H3. The van der Waals surface area contributed by atoms with Crippen LogP contribution in [0.15, 0.2) is 42.7 Å². The predicted molar refractivity (Wildman–Crippen MR) is 67.6 cm³/mol. The molecular weight excluding hydrogens is 256 g/mol. The van der Waals surface area contributed by atoms with Crippen LogP contribution in [-0.4, -0.2) is 4.98 Å². The van der Waals surface area contributed by atoms with E-state index >= 15 is 0 Å². The van der Waals surface area contributed by atoms with Gasteiger partial charge in [-0.15, -0.1) is 11.6 Å². The number of rotatable bonds is 3. The van der Waals surface area contributed by atoms with Gasteiger partial charge in [-0.1, -0.05) is 6.92 Å². The lowest BCUT2D eigenvalue weighted by molar-refractivity contribution is 0.576. The first-order valence-electron chi connectivity index (χ1n) is 5.58. The molecule has 0 amide bonds. The van der Waals surface area contributed by atoms with Gasteiger partial charge in [-0.25, -0.2) is 8.78 Å². The highest BCUT2D eigenvalue weighted by atomic mass is 35.5. The molecule has 1 nitrogen and oxygen atoms in total. The van der Waals surface area contributed by atoms with E-state index in [1.807, 2.05) is 19.1 Å². The molecule has 2 rings (SSSR count). The van der Waals surface area contributed by atoms with Gasteiger partial charge in [0.2, 0.25) is 0 Å². The van der Waals surface area contributed by atoms with Crippen LogP contribution in [0.25, 0.3) is 0 Å². The third-order valence-electron chi connectivity index (χ3n) is 2.87. The number of nitrogens with zero attached hydrogens (tertiary/aromatic N) is 1. The molecule has 0 spiro atoms. The quantitative estimate of drug-likeness (QED) is 0.749. The second kappa shape index (κ2) is 5.44. The maximum atomic E-state index is 13.1. The summed E-state index contributed by atoms with van der Waals surface area (Å²) in [6, 6.07) is 7.05. The number of benzene rings is 1. The SMILES string of the molecule is CC(c1ccncc1)C(Cl)c1cc(F)cc(F)c1. The molecule has 1 aromatic carbocycles. The van der Waals surface area contributed by atoms with Crippen molar-refractivity contribution in [2.24, 2.45) is 0 Å². The molecule has 0 saturated carbocycles. The van der Waals surface area contributed by atoms with Crippen LogP contribution in [0.4, 0.5) is 8.78 Å². The molecule has 1 aromatic heterocycles. The Kier molecular flexibility index (Phi) is 3.92. The molecule has 0 saturated heterocycles. The van der Waals surface area contributed by atoms with Crippen molar-refractivity contribution >= 4 is 11.6 Å². The van der Waals surface area contributed by atoms with E-state index in [0.29, 0.717) is 5.56 Å². The molecule has 1 heterocycles. The number of aromatic nitrogens is 1. The van der Waals surface area contributed by atoms with Crippen LogP contribution in [-0.2, 0) is 0 Å². The molecule has 0 aliphatic carbocycles. The zero-order valence-corrected chi connectivity index (χ0v) is 10.5. The molecule has 0 aliphatic rings. The normalized spacial score (nSPS) is 14.2. The minimum Gasteiger partial charge on any atom is -0.265 e. The molecule has 4 heteroatoms. The highest BCUT2D eigenvalue weighted by Gasteiger charge is 2.19. The van der Waals surface area contributed by atoms with Gasteiger partial charge in [0.25, 0.3) is 0 Å². The Labute approximate surface area is 109 Å².